The number of nitrogens with zero attached hydrogens (tertiary/aromatic N) is 2. The molecule has 1 heterocycles. The predicted molar refractivity (Wildman–Crippen MR) is 71.2 cm³/mol. The van der Waals surface area contributed by atoms with Gasteiger partial charge in [0.2, 0.25) is 0 Å². The zero-order chi connectivity index (χ0) is 13.8. The smallest absolute Gasteiger partial charge is 0.141 e. The van der Waals surface area contributed by atoms with Crippen molar-refractivity contribution in [1.29, 1.82) is 5.26 Å². The zero-order valence-corrected chi connectivity index (χ0v) is 11.2. The first-order chi connectivity index (χ1) is 9.19. The maximum Gasteiger partial charge on any atom is 0.141 e. The number of aromatic amines is 1. The molecule has 5 nitrogen and oxygen atoms in total. The first kappa shape index (κ1) is 13.0. The van der Waals surface area contributed by atoms with E-state index in [1.807, 2.05) is 25.1 Å². The third-order valence-electron chi connectivity index (χ3n) is 2.89. The number of aromatic nitrogens is 2. The summed E-state index contributed by atoms with van der Waals surface area (Å²) in [6.45, 7) is 1.90. The Morgan fingerprint density at radius 3 is 2.74 bits per heavy atom. The molecule has 5 heteroatoms. The van der Waals surface area contributed by atoms with E-state index in [-0.39, 0.29) is 6.42 Å². The fraction of sp³-hybridized carbons (Fsp3) is 0.286. The maximum absolute atomic E-state index is 8.76. The third kappa shape index (κ3) is 2.52. The van der Waals surface area contributed by atoms with Crippen LogP contribution in [-0.2, 0) is 6.42 Å². The third-order valence-corrected chi connectivity index (χ3v) is 2.89. The van der Waals surface area contributed by atoms with Crippen molar-refractivity contribution in [3.05, 3.63) is 29.6 Å². The molecule has 19 heavy (non-hydrogen) atoms. The van der Waals surface area contributed by atoms with Gasteiger partial charge in [-0.2, -0.15) is 5.26 Å². The van der Waals surface area contributed by atoms with Gasteiger partial charge in [0.25, 0.3) is 0 Å². The van der Waals surface area contributed by atoms with E-state index < -0.39 is 0 Å². The lowest BCUT2D eigenvalue weighted by Crippen LogP contribution is -1.91. The van der Waals surface area contributed by atoms with Gasteiger partial charge in [0.15, 0.2) is 0 Å². The summed E-state index contributed by atoms with van der Waals surface area (Å²) in [6.07, 6.45) is 0.286. The summed E-state index contributed by atoms with van der Waals surface area (Å²) in [5.74, 6) is 2.11. The molecule has 0 aliphatic carbocycles. The van der Waals surface area contributed by atoms with Crippen LogP contribution < -0.4 is 9.47 Å². The topological polar surface area (TPSA) is 70.9 Å². The number of rotatable bonds is 4. The average Bonchev–Trinajstić information content (AvgIpc) is 2.80. The number of ether oxygens (including phenoxy) is 2. The lowest BCUT2D eigenvalue weighted by atomic mass is 10.2. The number of methoxy groups -OCH3 is 2. The first-order valence-electron chi connectivity index (χ1n) is 5.84. The Hall–Kier alpha value is -2.48. The normalized spacial score (nSPS) is 10.0. The van der Waals surface area contributed by atoms with Crippen LogP contribution in [-0.4, -0.2) is 24.2 Å². The second kappa shape index (κ2) is 5.44. The fourth-order valence-electron chi connectivity index (χ4n) is 1.87. The summed E-state index contributed by atoms with van der Waals surface area (Å²) in [7, 11) is 3.22. The molecule has 0 amide bonds. The average molecular weight is 257 g/mol. The summed E-state index contributed by atoms with van der Waals surface area (Å²) < 4.78 is 10.5. The molecule has 0 aliphatic rings. The highest BCUT2D eigenvalue weighted by Gasteiger charge is 2.13. The minimum absolute atomic E-state index is 0.286. The Morgan fingerprint density at radius 1 is 1.32 bits per heavy atom. The van der Waals surface area contributed by atoms with Crippen LogP contribution in [0.5, 0.6) is 11.5 Å². The first-order valence-corrected chi connectivity index (χ1v) is 5.84. The molecule has 0 saturated carbocycles. The highest BCUT2D eigenvalue weighted by atomic mass is 16.5. The molecule has 1 aromatic carbocycles. The lowest BCUT2D eigenvalue weighted by Gasteiger charge is -2.08. The van der Waals surface area contributed by atoms with E-state index in [1.54, 1.807) is 14.2 Å². The molecule has 0 radical (unpaired) electrons. The molecule has 0 atom stereocenters. The van der Waals surface area contributed by atoms with Crippen LogP contribution in [0, 0.1) is 18.3 Å². The van der Waals surface area contributed by atoms with Gasteiger partial charge in [-0.3, -0.25) is 0 Å². The van der Waals surface area contributed by atoms with Crippen molar-refractivity contribution in [1.82, 2.24) is 9.97 Å². The summed E-state index contributed by atoms with van der Waals surface area (Å²) >= 11 is 0. The molecular weight excluding hydrogens is 242 g/mol. The number of hydrogen-bond acceptors (Lipinski definition) is 4. The second-order valence-corrected chi connectivity index (χ2v) is 4.06. The van der Waals surface area contributed by atoms with Crippen molar-refractivity contribution in [2.45, 2.75) is 13.3 Å². The van der Waals surface area contributed by atoms with Crippen LogP contribution in [0.2, 0.25) is 0 Å². The zero-order valence-electron chi connectivity index (χ0n) is 11.2. The van der Waals surface area contributed by atoms with Crippen molar-refractivity contribution >= 4 is 0 Å². The van der Waals surface area contributed by atoms with Gasteiger partial charge in [-0.05, 0) is 25.1 Å². The number of nitrogens with one attached hydrogen (secondary N) is 1. The van der Waals surface area contributed by atoms with Crippen LogP contribution in [0.1, 0.15) is 11.4 Å². The molecule has 0 spiro atoms. The molecule has 0 bridgehead atoms. The standard InChI is InChI=1S/C14H15N3O2/c1-9-12(6-7-15)17-14(16-9)11-8-10(18-2)4-5-13(11)19-3/h4-5,8H,6H2,1-3H3,(H,16,17). The molecule has 0 saturated heterocycles. The minimum atomic E-state index is 0.286. The van der Waals surface area contributed by atoms with Gasteiger partial charge in [0.05, 0.1) is 38.0 Å². The van der Waals surface area contributed by atoms with Crippen molar-refractivity contribution in [3.63, 3.8) is 0 Å². The van der Waals surface area contributed by atoms with E-state index in [1.165, 1.54) is 0 Å². The van der Waals surface area contributed by atoms with Crippen molar-refractivity contribution in [2.75, 3.05) is 14.2 Å². The quantitative estimate of drug-likeness (QED) is 0.913. The maximum atomic E-state index is 8.76. The largest absolute Gasteiger partial charge is 0.497 e. The van der Waals surface area contributed by atoms with Crippen LogP contribution in [0.4, 0.5) is 0 Å². The Labute approximate surface area is 111 Å². The Morgan fingerprint density at radius 2 is 2.11 bits per heavy atom. The second-order valence-electron chi connectivity index (χ2n) is 4.06. The number of imidazole rings is 1. The molecule has 1 N–H and O–H groups in total. The van der Waals surface area contributed by atoms with Crippen molar-refractivity contribution in [3.8, 4) is 29.0 Å². The number of hydrogen-bond donors (Lipinski definition) is 1. The van der Waals surface area contributed by atoms with Crippen molar-refractivity contribution in [2.24, 2.45) is 0 Å². The number of aryl methyl sites for hydroxylation is 1. The molecule has 1 aromatic heterocycles. The Kier molecular flexibility index (Phi) is 3.71. The van der Waals surface area contributed by atoms with Gasteiger partial charge >= 0.3 is 0 Å². The Bertz CT molecular complexity index is 626. The molecule has 0 unspecified atom stereocenters. The number of benzene rings is 1. The van der Waals surface area contributed by atoms with E-state index >= 15 is 0 Å². The van der Waals surface area contributed by atoms with E-state index in [0.717, 1.165) is 22.7 Å². The minimum Gasteiger partial charge on any atom is -0.497 e. The van der Waals surface area contributed by atoms with Gasteiger partial charge in [-0.1, -0.05) is 0 Å². The van der Waals surface area contributed by atoms with Crippen LogP contribution >= 0.6 is 0 Å². The lowest BCUT2D eigenvalue weighted by molar-refractivity contribution is 0.404. The molecule has 2 rings (SSSR count). The summed E-state index contributed by atoms with van der Waals surface area (Å²) in [5.41, 5.74) is 2.46. The van der Waals surface area contributed by atoms with E-state index in [4.69, 9.17) is 14.7 Å². The highest BCUT2D eigenvalue weighted by Crippen LogP contribution is 2.32. The van der Waals surface area contributed by atoms with Gasteiger partial charge in [0, 0.05) is 5.69 Å². The Balaban J connectivity index is 2.51. The fourth-order valence-corrected chi connectivity index (χ4v) is 1.87. The summed E-state index contributed by atoms with van der Waals surface area (Å²) in [4.78, 5) is 7.61. The number of nitriles is 1. The van der Waals surface area contributed by atoms with Gasteiger partial charge < -0.3 is 14.5 Å². The molecule has 98 valence electrons. The molecular formula is C14H15N3O2. The predicted octanol–water partition coefficient (Wildman–Crippen LogP) is 2.47. The van der Waals surface area contributed by atoms with Crippen LogP contribution in [0.25, 0.3) is 11.4 Å². The van der Waals surface area contributed by atoms with E-state index in [9.17, 15) is 0 Å². The van der Waals surface area contributed by atoms with Crippen molar-refractivity contribution < 1.29 is 9.47 Å². The van der Waals surface area contributed by atoms with E-state index in [2.05, 4.69) is 16.0 Å². The van der Waals surface area contributed by atoms with Crippen LogP contribution in [0.15, 0.2) is 18.2 Å². The SMILES string of the molecule is COc1ccc(OC)c(-c2nc(CC#N)c(C)[nH]2)c1. The molecule has 0 aliphatic heterocycles. The van der Waals surface area contributed by atoms with Gasteiger partial charge in [-0.15, -0.1) is 0 Å². The van der Waals surface area contributed by atoms with Gasteiger partial charge in [0.1, 0.15) is 17.3 Å². The summed E-state index contributed by atoms with van der Waals surface area (Å²) in [5, 5.41) is 8.76. The highest BCUT2D eigenvalue weighted by molar-refractivity contribution is 5.67. The molecule has 2 aromatic rings. The molecule has 0 fully saturated rings. The summed E-state index contributed by atoms with van der Waals surface area (Å²) in [6, 6.07) is 7.61. The van der Waals surface area contributed by atoms with Gasteiger partial charge in [-0.25, -0.2) is 4.98 Å². The van der Waals surface area contributed by atoms with Crippen LogP contribution in [0.3, 0.4) is 0 Å². The monoisotopic (exact) mass is 257 g/mol. The number of H-pyrrole nitrogens is 1. The van der Waals surface area contributed by atoms with E-state index in [0.29, 0.717) is 11.6 Å².